The van der Waals surface area contributed by atoms with Gasteiger partial charge in [0.1, 0.15) is 0 Å². The van der Waals surface area contributed by atoms with Crippen LogP contribution in [0.5, 0.6) is 0 Å². The molecule has 2 aromatic heterocycles. The fraction of sp³-hybridized carbons (Fsp3) is 0.200. The van der Waals surface area contributed by atoms with E-state index in [1.807, 2.05) is 49.4 Å². The van der Waals surface area contributed by atoms with Crippen LogP contribution in [-0.2, 0) is 6.54 Å². The highest BCUT2D eigenvalue weighted by Crippen LogP contribution is 2.36. The molecule has 0 aliphatic carbocycles. The molecule has 0 fully saturated rings. The summed E-state index contributed by atoms with van der Waals surface area (Å²) in [7, 11) is 0. The summed E-state index contributed by atoms with van der Waals surface area (Å²) in [5.41, 5.74) is 2.00. The number of nitrogens with zero attached hydrogens (tertiary/aromatic N) is 5. The molecule has 0 aliphatic rings. The normalized spacial score (nSPS) is 12.2. The van der Waals surface area contributed by atoms with E-state index in [1.54, 1.807) is 6.92 Å². The SMILES string of the molecule is Cc1noc(C(C)Sc2nnc(-c3ccccc3Cl)n2Cc2ccccc2)n1. The van der Waals surface area contributed by atoms with Gasteiger partial charge in [-0.25, -0.2) is 0 Å². The van der Waals surface area contributed by atoms with Gasteiger partial charge in [-0.15, -0.1) is 10.2 Å². The molecule has 8 heteroatoms. The standard InChI is InChI=1S/C20H18ClN5OS/c1-13(19-22-14(2)25-27-19)28-20-24-23-18(16-10-6-7-11-17(16)21)26(20)12-15-8-4-3-5-9-15/h3-11,13H,12H2,1-2H3. The van der Waals surface area contributed by atoms with Crippen LogP contribution in [0, 0.1) is 6.92 Å². The van der Waals surface area contributed by atoms with Gasteiger partial charge in [-0.05, 0) is 31.5 Å². The highest BCUT2D eigenvalue weighted by molar-refractivity contribution is 7.99. The Hall–Kier alpha value is -2.64. The van der Waals surface area contributed by atoms with Gasteiger partial charge in [0.15, 0.2) is 16.8 Å². The van der Waals surface area contributed by atoms with Gasteiger partial charge < -0.3 is 4.52 Å². The third-order valence-corrected chi connectivity index (χ3v) is 5.59. The minimum atomic E-state index is -0.0565. The van der Waals surface area contributed by atoms with Gasteiger partial charge in [0, 0.05) is 5.56 Å². The maximum absolute atomic E-state index is 6.43. The van der Waals surface area contributed by atoms with Gasteiger partial charge >= 0.3 is 0 Å². The summed E-state index contributed by atoms with van der Waals surface area (Å²) in [6, 6.07) is 17.9. The molecule has 0 spiro atoms. The summed E-state index contributed by atoms with van der Waals surface area (Å²) in [6.45, 7) is 4.44. The van der Waals surface area contributed by atoms with Crippen molar-refractivity contribution in [1.29, 1.82) is 0 Å². The molecule has 0 radical (unpaired) electrons. The van der Waals surface area contributed by atoms with Crippen molar-refractivity contribution in [2.24, 2.45) is 0 Å². The van der Waals surface area contributed by atoms with Crippen LogP contribution in [-0.4, -0.2) is 24.9 Å². The van der Waals surface area contributed by atoms with Crippen molar-refractivity contribution in [1.82, 2.24) is 24.9 Å². The second-order valence-electron chi connectivity index (χ2n) is 6.30. The summed E-state index contributed by atoms with van der Waals surface area (Å²) in [5, 5.41) is 14.1. The molecule has 0 N–H and O–H groups in total. The van der Waals surface area contributed by atoms with Gasteiger partial charge in [0.05, 0.1) is 16.8 Å². The van der Waals surface area contributed by atoms with Crippen LogP contribution >= 0.6 is 23.4 Å². The van der Waals surface area contributed by atoms with Gasteiger partial charge in [0.2, 0.25) is 5.89 Å². The van der Waals surface area contributed by atoms with Crippen LogP contribution in [0.2, 0.25) is 5.02 Å². The Morgan fingerprint density at radius 2 is 1.82 bits per heavy atom. The van der Waals surface area contributed by atoms with E-state index in [0.29, 0.717) is 23.3 Å². The number of aromatic nitrogens is 5. The van der Waals surface area contributed by atoms with E-state index >= 15 is 0 Å². The first-order chi connectivity index (χ1) is 13.6. The average molecular weight is 412 g/mol. The Morgan fingerprint density at radius 3 is 2.54 bits per heavy atom. The number of halogens is 1. The van der Waals surface area contributed by atoms with Crippen molar-refractivity contribution in [2.45, 2.75) is 30.8 Å². The third kappa shape index (κ3) is 3.95. The largest absolute Gasteiger partial charge is 0.338 e. The Morgan fingerprint density at radius 1 is 1.07 bits per heavy atom. The zero-order chi connectivity index (χ0) is 19.5. The Kier molecular flexibility index (Phi) is 5.45. The van der Waals surface area contributed by atoms with Crippen LogP contribution in [0.4, 0.5) is 0 Å². The first-order valence-corrected chi connectivity index (χ1v) is 10.1. The predicted molar refractivity (Wildman–Crippen MR) is 109 cm³/mol. The van der Waals surface area contributed by atoms with Crippen molar-refractivity contribution < 1.29 is 4.52 Å². The van der Waals surface area contributed by atoms with E-state index < -0.39 is 0 Å². The van der Waals surface area contributed by atoms with E-state index in [-0.39, 0.29) is 5.25 Å². The van der Waals surface area contributed by atoms with Gasteiger partial charge in [0.25, 0.3) is 0 Å². The highest BCUT2D eigenvalue weighted by Gasteiger charge is 2.22. The zero-order valence-electron chi connectivity index (χ0n) is 15.4. The minimum absolute atomic E-state index is 0.0565. The van der Waals surface area contributed by atoms with E-state index in [0.717, 1.165) is 22.1 Å². The van der Waals surface area contributed by atoms with Gasteiger partial charge in [-0.1, -0.05) is 71.0 Å². The van der Waals surface area contributed by atoms with Crippen LogP contribution < -0.4 is 0 Å². The maximum atomic E-state index is 6.43. The number of hydrogen-bond donors (Lipinski definition) is 0. The summed E-state index contributed by atoms with van der Waals surface area (Å²) in [4.78, 5) is 4.32. The summed E-state index contributed by atoms with van der Waals surface area (Å²) < 4.78 is 7.38. The fourth-order valence-electron chi connectivity index (χ4n) is 2.81. The van der Waals surface area contributed by atoms with Gasteiger partial charge in [-0.2, -0.15) is 4.98 Å². The molecular weight excluding hydrogens is 394 g/mol. The number of thioether (sulfide) groups is 1. The molecule has 2 heterocycles. The van der Waals surface area contributed by atoms with Crippen LogP contribution in [0.3, 0.4) is 0 Å². The summed E-state index contributed by atoms with van der Waals surface area (Å²) >= 11 is 7.95. The molecule has 2 aromatic carbocycles. The molecule has 142 valence electrons. The van der Waals surface area contributed by atoms with E-state index in [1.165, 1.54) is 11.8 Å². The molecule has 1 unspecified atom stereocenters. The first kappa shape index (κ1) is 18.7. The lowest BCUT2D eigenvalue weighted by atomic mass is 10.2. The second kappa shape index (κ2) is 8.16. The molecule has 6 nitrogen and oxygen atoms in total. The maximum Gasteiger partial charge on any atom is 0.239 e. The molecule has 4 rings (SSSR count). The quantitative estimate of drug-likeness (QED) is 0.406. The van der Waals surface area contributed by atoms with Crippen LogP contribution in [0.1, 0.15) is 29.5 Å². The Bertz CT molecular complexity index is 1080. The zero-order valence-corrected chi connectivity index (χ0v) is 17.0. The minimum Gasteiger partial charge on any atom is -0.338 e. The summed E-state index contributed by atoms with van der Waals surface area (Å²) in [5.74, 6) is 1.91. The molecule has 0 bridgehead atoms. The smallest absolute Gasteiger partial charge is 0.239 e. The number of hydrogen-bond acceptors (Lipinski definition) is 6. The van der Waals surface area contributed by atoms with Crippen LogP contribution in [0.25, 0.3) is 11.4 Å². The molecule has 1 atom stereocenters. The fourth-order valence-corrected chi connectivity index (χ4v) is 3.91. The Labute approximate surface area is 172 Å². The number of aryl methyl sites for hydroxylation is 1. The Balaban J connectivity index is 1.72. The number of rotatable bonds is 6. The van der Waals surface area contributed by atoms with Gasteiger partial charge in [-0.3, -0.25) is 4.57 Å². The molecule has 0 amide bonds. The lowest BCUT2D eigenvalue weighted by Gasteiger charge is -2.12. The van der Waals surface area contributed by atoms with Crippen molar-refractivity contribution >= 4 is 23.4 Å². The molecule has 0 aliphatic heterocycles. The van der Waals surface area contributed by atoms with E-state index in [4.69, 9.17) is 16.1 Å². The average Bonchev–Trinajstić information content (AvgIpc) is 3.30. The molecule has 4 aromatic rings. The monoisotopic (exact) mass is 411 g/mol. The third-order valence-electron chi connectivity index (χ3n) is 4.19. The summed E-state index contributed by atoms with van der Waals surface area (Å²) in [6.07, 6.45) is 0. The van der Waals surface area contributed by atoms with Crippen molar-refractivity contribution in [3.05, 3.63) is 76.9 Å². The first-order valence-electron chi connectivity index (χ1n) is 8.80. The molecule has 0 saturated heterocycles. The highest BCUT2D eigenvalue weighted by atomic mass is 35.5. The second-order valence-corrected chi connectivity index (χ2v) is 8.01. The number of benzene rings is 2. The van der Waals surface area contributed by atoms with Crippen molar-refractivity contribution in [2.75, 3.05) is 0 Å². The molecular formula is C20H18ClN5OS. The van der Waals surface area contributed by atoms with E-state index in [2.05, 4.69) is 37.0 Å². The topological polar surface area (TPSA) is 69.6 Å². The van der Waals surface area contributed by atoms with E-state index in [9.17, 15) is 0 Å². The van der Waals surface area contributed by atoms with Crippen molar-refractivity contribution in [3.8, 4) is 11.4 Å². The predicted octanol–water partition coefficient (Wildman–Crippen LogP) is 5.19. The molecule has 0 saturated carbocycles. The molecule has 28 heavy (non-hydrogen) atoms. The lowest BCUT2D eigenvalue weighted by molar-refractivity contribution is 0.376. The van der Waals surface area contributed by atoms with Crippen LogP contribution in [0.15, 0.2) is 64.3 Å². The lowest BCUT2D eigenvalue weighted by Crippen LogP contribution is -2.05. The van der Waals surface area contributed by atoms with Crippen molar-refractivity contribution in [3.63, 3.8) is 0 Å².